The number of rotatable bonds is 0. The molecule has 0 radical (unpaired) electrons. The van der Waals surface area contributed by atoms with Crippen LogP contribution in [0.25, 0.3) is 0 Å². The Bertz CT molecular complexity index is 230. The molecule has 0 aromatic rings. The highest BCUT2D eigenvalue weighted by atomic mass is 35.5. The predicted molar refractivity (Wildman–Crippen MR) is 62.7 cm³/mol. The Hall–Kier alpha value is 0.290. The fraction of sp³-hybridized carbons (Fsp3) is 1.00. The summed E-state index contributed by atoms with van der Waals surface area (Å²) in [5, 5.41) is 0. The number of hydrogen-bond acceptors (Lipinski definition) is 0. The van der Waals surface area contributed by atoms with Gasteiger partial charge in [-0.1, -0.05) is 20.8 Å². The summed E-state index contributed by atoms with van der Waals surface area (Å²) >= 11 is 0. The summed E-state index contributed by atoms with van der Waals surface area (Å²) in [7, 11) is 0. The van der Waals surface area contributed by atoms with E-state index in [2.05, 4.69) is 20.8 Å². The molecule has 0 saturated heterocycles. The van der Waals surface area contributed by atoms with E-state index in [1.54, 1.807) is 19.3 Å². The SMILES string of the molecule is CC12CC3CC(CC(C3)C1(C)C)C2.Cl. The lowest BCUT2D eigenvalue weighted by Gasteiger charge is -2.65. The first-order chi connectivity index (χ1) is 6.01. The summed E-state index contributed by atoms with van der Waals surface area (Å²) in [6.07, 6.45) is 7.75. The highest BCUT2D eigenvalue weighted by Gasteiger charge is 2.58. The molecule has 14 heavy (non-hydrogen) atoms. The standard InChI is InChI=1S/C13H22.ClH/c1-12(2)11-5-9-4-10(6-11)8-13(12,3)7-9;/h9-11H,4-8H2,1-3H3;1H. The van der Waals surface area contributed by atoms with E-state index in [0.29, 0.717) is 10.8 Å². The highest BCUT2D eigenvalue weighted by molar-refractivity contribution is 5.85. The van der Waals surface area contributed by atoms with Crippen LogP contribution in [-0.2, 0) is 0 Å². The van der Waals surface area contributed by atoms with Crippen LogP contribution in [0.3, 0.4) is 0 Å². The molecule has 4 bridgehead atoms. The first-order valence-electron chi connectivity index (χ1n) is 6.01. The largest absolute Gasteiger partial charge is 0.147 e. The molecule has 2 atom stereocenters. The van der Waals surface area contributed by atoms with Gasteiger partial charge < -0.3 is 0 Å². The molecular weight excluding hydrogens is 192 g/mol. The van der Waals surface area contributed by atoms with Crippen molar-refractivity contribution >= 4 is 12.4 Å². The van der Waals surface area contributed by atoms with Gasteiger partial charge in [-0.2, -0.15) is 0 Å². The molecule has 1 heteroatoms. The molecule has 2 unspecified atom stereocenters. The van der Waals surface area contributed by atoms with Gasteiger partial charge in [0.1, 0.15) is 0 Å². The molecule has 4 rings (SSSR count). The first-order valence-corrected chi connectivity index (χ1v) is 6.01. The van der Waals surface area contributed by atoms with Crippen LogP contribution in [-0.4, -0.2) is 0 Å². The summed E-state index contributed by atoms with van der Waals surface area (Å²) in [5.74, 6) is 3.27. The van der Waals surface area contributed by atoms with E-state index in [1.807, 2.05) is 0 Å². The van der Waals surface area contributed by atoms with Gasteiger partial charge in [-0.25, -0.2) is 0 Å². The monoisotopic (exact) mass is 214 g/mol. The van der Waals surface area contributed by atoms with Gasteiger partial charge in [0.15, 0.2) is 0 Å². The van der Waals surface area contributed by atoms with Crippen molar-refractivity contribution in [1.82, 2.24) is 0 Å². The van der Waals surface area contributed by atoms with Crippen molar-refractivity contribution in [3.05, 3.63) is 0 Å². The molecule has 0 N–H and O–H groups in total. The van der Waals surface area contributed by atoms with Gasteiger partial charge in [-0.05, 0) is 60.7 Å². The molecule has 0 spiro atoms. The normalized spacial score (nSPS) is 52.9. The lowest BCUT2D eigenvalue weighted by Crippen LogP contribution is -2.56. The van der Waals surface area contributed by atoms with Gasteiger partial charge in [-0.15, -0.1) is 12.4 Å². The summed E-state index contributed by atoms with van der Waals surface area (Å²) in [5.41, 5.74) is 1.34. The van der Waals surface area contributed by atoms with E-state index in [0.717, 1.165) is 17.8 Å². The van der Waals surface area contributed by atoms with Gasteiger partial charge in [0.25, 0.3) is 0 Å². The molecule has 0 aromatic carbocycles. The Morgan fingerprint density at radius 3 is 1.79 bits per heavy atom. The smallest absolute Gasteiger partial charge is 0.0267 e. The molecular formula is C13H23Cl. The van der Waals surface area contributed by atoms with Crippen molar-refractivity contribution in [3.8, 4) is 0 Å². The Balaban J connectivity index is 0.000000750. The zero-order valence-electron chi connectivity index (χ0n) is 9.68. The lowest BCUT2D eigenvalue weighted by molar-refractivity contribution is -0.149. The summed E-state index contributed by atoms with van der Waals surface area (Å²) in [6, 6.07) is 0. The quantitative estimate of drug-likeness (QED) is 0.565. The Morgan fingerprint density at radius 2 is 1.36 bits per heavy atom. The van der Waals surface area contributed by atoms with Crippen molar-refractivity contribution in [2.24, 2.45) is 28.6 Å². The van der Waals surface area contributed by atoms with Gasteiger partial charge in [-0.3, -0.25) is 0 Å². The van der Waals surface area contributed by atoms with Crippen LogP contribution in [0.15, 0.2) is 0 Å². The third-order valence-electron chi connectivity index (χ3n) is 5.96. The fourth-order valence-electron chi connectivity index (χ4n) is 4.86. The molecule has 4 fully saturated rings. The molecule has 0 nitrogen and oxygen atoms in total. The van der Waals surface area contributed by atoms with Crippen LogP contribution in [0, 0.1) is 28.6 Å². The minimum atomic E-state index is 0. The summed E-state index contributed by atoms with van der Waals surface area (Å²) in [4.78, 5) is 0. The minimum Gasteiger partial charge on any atom is -0.147 e. The van der Waals surface area contributed by atoms with E-state index in [9.17, 15) is 0 Å². The molecule has 4 aliphatic carbocycles. The van der Waals surface area contributed by atoms with Gasteiger partial charge in [0.05, 0.1) is 0 Å². The number of halogens is 1. The fourth-order valence-corrected chi connectivity index (χ4v) is 4.86. The van der Waals surface area contributed by atoms with E-state index in [4.69, 9.17) is 0 Å². The molecule has 82 valence electrons. The lowest BCUT2D eigenvalue weighted by atomic mass is 9.40. The Morgan fingerprint density at radius 1 is 0.857 bits per heavy atom. The van der Waals surface area contributed by atoms with Crippen molar-refractivity contribution in [3.63, 3.8) is 0 Å². The van der Waals surface area contributed by atoms with Crippen molar-refractivity contribution in [2.75, 3.05) is 0 Å². The van der Waals surface area contributed by atoms with Crippen LogP contribution < -0.4 is 0 Å². The van der Waals surface area contributed by atoms with Gasteiger partial charge >= 0.3 is 0 Å². The van der Waals surface area contributed by atoms with Crippen LogP contribution >= 0.6 is 12.4 Å². The minimum absolute atomic E-state index is 0. The van der Waals surface area contributed by atoms with E-state index in [-0.39, 0.29) is 12.4 Å². The third kappa shape index (κ3) is 1.13. The molecule has 0 aliphatic heterocycles. The van der Waals surface area contributed by atoms with Crippen LogP contribution in [0.1, 0.15) is 52.9 Å². The van der Waals surface area contributed by atoms with Gasteiger partial charge in [0, 0.05) is 0 Å². The molecule has 0 heterocycles. The van der Waals surface area contributed by atoms with Crippen molar-refractivity contribution in [2.45, 2.75) is 52.9 Å². The van der Waals surface area contributed by atoms with E-state index >= 15 is 0 Å². The Kier molecular flexibility index (Phi) is 2.24. The number of hydrogen-bond donors (Lipinski definition) is 0. The van der Waals surface area contributed by atoms with Gasteiger partial charge in [0.2, 0.25) is 0 Å². The molecule has 0 aromatic heterocycles. The second-order valence-electron chi connectivity index (χ2n) is 6.83. The zero-order valence-corrected chi connectivity index (χ0v) is 10.5. The maximum absolute atomic E-state index is 2.57. The average Bonchev–Trinajstić information content (AvgIpc) is 1.99. The topological polar surface area (TPSA) is 0 Å². The predicted octanol–water partition coefficient (Wildman–Crippen LogP) is 4.28. The van der Waals surface area contributed by atoms with Crippen LogP contribution in [0.2, 0.25) is 0 Å². The Labute approximate surface area is 94.3 Å². The second-order valence-corrected chi connectivity index (χ2v) is 6.83. The maximum Gasteiger partial charge on any atom is -0.0267 e. The maximum atomic E-state index is 2.57. The average molecular weight is 215 g/mol. The third-order valence-corrected chi connectivity index (χ3v) is 5.96. The molecule has 0 amide bonds. The van der Waals surface area contributed by atoms with E-state index in [1.165, 1.54) is 12.8 Å². The molecule has 4 aliphatic rings. The zero-order chi connectivity index (χ0) is 9.27. The van der Waals surface area contributed by atoms with Crippen LogP contribution in [0.5, 0.6) is 0 Å². The van der Waals surface area contributed by atoms with Crippen LogP contribution in [0.4, 0.5) is 0 Å². The molecule has 4 saturated carbocycles. The first kappa shape index (κ1) is 10.8. The second kappa shape index (κ2) is 2.90. The summed E-state index contributed by atoms with van der Waals surface area (Å²) in [6.45, 7) is 7.64. The van der Waals surface area contributed by atoms with Crippen molar-refractivity contribution < 1.29 is 0 Å². The van der Waals surface area contributed by atoms with E-state index < -0.39 is 0 Å². The highest BCUT2D eigenvalue weighted by Crippen LogP contribution is 2.67. The summed E-state index contributed by atoms with van der Waals surface area (Å²) < 4.78 is 0. The van der Waals surface area contributed by atoms with Crippen molar-refractivity contribution in [1.29, 1.82) is 0 Å².